The van der Waals surface area contributed by atoms with Gasteiger partial charge < -0.3 is 20.1 Å². The van der Waals surface area contributed by atoms with E-state index in [0.717, 1.165) is 38.9 Å². The number of aliphatic hydroxyl groups is 1. The lowest BCUT2D eigenvalue weighted by Gasteiger charge is -2.36. The molecule has 1 heterocycles. The Morgan fingerprint density at radius 2 is 2.00 bits per heavy atom. The van der Waals surface area contributed by atoms with Crippen molar-refractivity contribution in [2.24, 2.45) is 5.92 Å². The molecule has 0 aromatic carbocycles. The van der Waals surface area contributed by atoms with Gasteiger partial charge in [-0.3, -0.25) is 0 Å². The first-order valence-electron chi connectivity index (χ1n) is 7.09. The number of piperidine rings is 1. The van der Waals surface area contributed by atoms with Gasteiger partial charge in [-0.2, -0.15) is 0 Å². The maximum atomic E-state index is 9.13. The van der Waals surface area contributed by atoms with Gasteiger partial charge in [-0.15, -0.1) is 0 Å². The highest BCUT2D eigenvalue weighted by atomic mass is 16.5. The Kier molecular flexibility index (Phi) is 6.57. The summed E-state index contributed by atoms with van der Waals surface area (Å²) in [6, 6.07) is 0.373. The van der Waals surface area contributed by atoms with Crippen molar-refractivity contribution in [3.63, 3.8) is 0 Å². The number of ether oxygens (including phenoxy) is 1. The lowest BCUT2D eigenvalue weighted by Crippen LogP contribution is -2.48. The first kappa shape index (κ1) is 15.9. The van der Waals surface area contributed by atoms with E-state index in [1.807, 2.05) is 7.05 Å². The summed E-state index contributed by atoms with van der Waals surface area (Å²) in [5.41, 5.74) is -0.127. The van der Waals surface area contributed by atoms with Gasteiger partial charge >= 0.3 is 0 Å². The molecule has 1 aliphatic rings. The fourth-order valence-corrected chi connectivity index (χ4v) is 2.69. The van der Waals surface area contributed by atoms with Crippen molar-refractivity contribution in [1.82, 2.24) is 10.2 Å². The molecule has 18 heavy (non-hydrogen) atoms. The Morgan fingerprint density at radius 1 is 1.39 bits per heavy atom. The van der Waals surface area contributed by atoms with Crippen LogP contribution in [-0.4, -0.2) is 62.0 Å². The van der Waals surface area contributed by atoms with Crippen LogP contribution in [0.15, 0.2) is 0 Å². The number of likely N-dealkylation sites (N-methyl/N-ethyl adjacent to an activating group) is 1. The zero-order valence-electron chi connectivity index (χ0n) is 12.4. The summed E-state index contributed by atoms with van der Waals surface area (Å²) in [5, 5.41) is 12.5. The molecule has 0 amide bonds. The van der Waals surface area contributed by atoms with Crippen LogP contribution in [0.1, 0.15) is 33.1 Å². The third kappa shape index (κ3) is 4.50. The second kappa shape index (κ2) is 7.43. The van der Waals surface area contributed by atoms with Crippen molar-refractivity contribution in [2.75, 3.05) is 40.4 Å². The van der Waals surface area contributed by atoms with E-state index in [1.54, 1.807) is 7.11 Å². The van der Waals surface area contributed by atoms with Crippen LogP contribution in [0.5, 0.6) is 0 Å². The van der Waals surface area contributed by atoms with Gasteiger partial charge in [0.25, 0.3) is 0 Å². The van der Waals surface area contributed by atoms with E-state index in [1.165, 1.54) is 0 Å². The molecule has 0 saturated carbocycles. The lowest BCUT2D eigenvalue weighted by atomic mass is 9.94. The third-order valence-corrected chi connectivity index (χ3v) is 4.41. The summed E-state index contributed by atoms with van der Waals surface area (Å²) in [7, 11) is 3.78. The Hall–Kier alpha value is -0.160. The lowest BCUT2D eigenvalue weighted by molar-refractivity contribution is -0.0137. The number of nitrogens with zero attached hydrogens (tertiary/aromatic N) is 1. The SMILES string of the molecule is CNC(CCN1CCC(CO)CC1)C(C)(C)OC. The Morgan fingerprint density at radius 3 is 2.44 bits per heavy atom. The number of likely N-dealkylation sites (tertiary alicyclic amines) is 1. The molecule has 0 radical (unpaired) electrons. The summed E-state index contributed by atoms with van der Waals surface area (Å²) >= 11 is 0. The molecule has 0 aromatic heterocycles. The minimum absolute atomic E-state index is 0.127. The molecular weight excluding hydrogens is 228 g/mol. The van der Waals surface area contributed by atoms with Gasteiger partial charge in [0.1, 0.15) is 0 Å². The number of rotatable bonds is 7. The number of hydrogen-bond acceptors (Lipinski definition) is 4. The highest BCUT2D eigenvalue weighted by Gasteiger charge is 2.28. The van der Waals surface area contributed by atoms with Gasteiger partial charge in [0, 0.05) is 19.8 Å². The predicted molar refractivity (Wildman–Crippen MR) is 74.8 cm³/mol. The fourth-order valence-electron chi connectivity index (χ4n) is 2.69. The van der Waals surface area contributed by atoms with Crippen molar-refractivity contribution < 1.29 is 9.84 Å². The molecule has 1 unspecified atom stereocenters. The maximum absolute atomic E-state index is 9.13. The average molecular weight is 258 g/mol. The number of hydrogen-bond donors (Lipinski definition) is 2. The molecule has 1 rings (SSSR count). The first-order valence-corrected chi connectivity index (χ1v) is 7.09. The zero-order valence-corrected chi connectivity index (χ0v) is 12.4. The fraction of sp³-hybridized carbons (Fsp3) is 1.00. The van der Waals surface area contributed by atoms with E-state index in [2.05, 4.69) is 24.1 Å². The zero-order chi connectivity index (χ0) is 13.6. The summed E-state index contributed by atoms with van der Waals surface area (Å²) in [4.78, 5) is 2.50. The molecule has 1 atom stereocenters. The Balaban J connectivity index is 2.31. The number of aliphatic hydroxyl groups excluding tert-OH is 1. The first-order chi connectivity index (χ1) is 8.53. The van der Waals surface area contributed by atoms with Crippen molar-refractivity contribution in [3.8, 4) is 0 Å². The largest absolute Gasteiger partial charge is 0.396 e. The smallest absolute Gasteiger partial charge is 0.0775 e. The molecule has 4 nitrogen and oxygen atoms in total. The van der Waals surface area contributed by atoms with Crippen LogP contribution in [0.2, 0.25) is 0 Å². The molecule has 108 valence electrons. The van der Waals surface area contributed by atoms with E-state index < -0.39 is 0 Å². The molecular formula is C14H30N2O2. The van der Waals surface area contributed by atoms with Crippen LogP contribution in [0.4, 0.5) is 0 Å². The van der Waals surface area contributed by atoms with Gasteiger partial charge in [-0.05, 0) is 65.7 Å². The molecule has 0 aliphatic carbocycles. The molecule has 2 N–H and O–H groups in total. The van der Waals surface area contributed by atoms with E-state index in [4.69, 9.17) is 9.84 Å². The highest BCUT2D eigenvalue weighted by molar-refractivity contribution is 4.85. The van der Waals surface area contributed by atoms with Crippen LogP contribution in [0, 0.1) is 5.92 Å². The van der Waals surface area contributed by atoms with E-state index in [-0.39, 0.29) is 5.60 Å². The monoisotopic (exact) mass is 258 g/mol. The van der Waals surface area contributed by atoms with Crippen molar-refractivity contribution >= 4 is 0 Å². The van der Waals surface area contributed by atoms with E-state index in [0.29, 0.717) is 18.6 Å². The molecule has 1 saturated heterocycles. The average Bonchev–Trinajstić information content (AvgIpc) is 2.40. The molecule has 4 heteroatoms. The van der Waals surface area contributed by atoms with Crippen LogP contribution in [0.3, 0.4) is 0 Å². The molecule has 0 bridgehead atoms. The van der Waals surface area contributed by atoms with Crippen LogP contribution in [-0.2, 0) is 4.74 Å². The summed E-state index contributed by atoms with van der Waals surface area (Å²) in [5.74, 6) is 0.525. The standard InChI is InChI=1S/C14H30N2O2/c1-14(2,18-4)13(15-3)7-10-16-8-5-12(11-17)6-9-16/h12-13,15,17H,5-11H2,1-4H3. The normalized spacial score (nSPS) is 21.2. The summed E-state index contributed by atoms with van der Waals surface area (Å²) in [6.45, 7) is 7.96. The van der Waals surface area contributed by atoms with Crippen molar-refractivity contribution in [3.05, 3.63) is 0 Å². The molecule has 0 spiro atoms. The van der Waals surface area contributed by atoms with E-state index in [9.17, 15) is 0 Å². The summed E-state index contributed by atoms with van der Waals surface area (Å²) in [6.07, 6.45) is 3.36. The molecule has 0 aromatic rings. The van der Waals surface area contributed by atoms with Crippen LogP contribution in [0.25, 0.3) is 0 Å². The topological polar surface area (TPSA) is 44.7 Å². The van der Waals surface area contributed by atoms with Crippen molar-refractivity contribution in [2.45, 2.75) is 44.8 Å². The van der Waals surface area contributed by atoms with E-state index >= 15 is 0 Å². The van der Waals surface area contributed by atoms with Crippen LogP contribution >= 0.6 is 0 Å². The second-order valence-corrected chi connectivity index (χ2v) is 5.91. The minimum atomic E-state index is -0.127. The van der Waals surface area contributed by atoms with Gasteiger partial charge in [0.05, 0.1) is 5.60 Å². The van der Waals surface area contributed by atoms with Gasteiger partial charge in [-0.25, -0.2) is 0 Å². The maximum Gasteiger partial charge on any atom is 0.0775 e. The highest BCUT2D eigenvalue weighted by Crippen LogP contribution is 2.20. The molecule has 1 fully saturated rings. The Bertz CT molecular complexity index is 226. The van der Waals surface area contributed by atoms with Gasteiger partial charge in [0.15, 0.2) is 0 Å². The molecule has 1 aliphatic heterocycles. The quantitative estimate of drug-likeness (QED) is 0.717. The van der Waals surface area contributed by atoms with Gasteiger partial charge in [0.2, 0.25) is 0 Å². The number of methoxy groups -OCH3 is 1. The minimum Gasteiger partial charge on any atom is -0.396 e. The predicted octanol–water partition coefficient (Wildman–Crippen LogP) is 1.09. The third-order valence-electron chi connectivity index (χ3n) is 4.41. The van der Waals surface area contributed by atoms with Crippen LogP contribution < -0.4 is 5.32 Å². The van der Waals surface area contributed by atoms with Gasteiger partial charge in [-0.1, -0.05) is 0 Å². The number of nitrogens with one attached hydrogen (secondary N) is 1. The van der Waals surface area contributed by atoms with Crippen molar-refractivity contribution in [1.29, 1.82) is 0 Å². The Labute approximate surface area is 112 Å². The second-order valence-electron chi connectivity index (χ2n) is 5.91. The summed E-state index contributed by atoms with van der Waals surface area (Å²) < 4.78 is 5.55.